The zero-order valence-corrected chi connectivity index (χ0v) is 23.3. The number of nitrogens with one attached hydrogen (secondary N) is 1. The summed E-state index contributed by atoms with van der Waals surface area (Å²) in [6, 6.07) is 24.8. The van der Waals surface area contributed by atoms with E-state index >= 15 is 0 Å². The van der Waals surface area contributed by atoms with E-state index in [-0.39, 0.29) is 17.5 Å². The molecule has 3 aromatic carbocycles. The SMILES string of the molecule is CCCOc1cccc(C(=O)[C@@H]2[C@H](C(=O)c3cccs3)N3C=Cc4ccccc4[C@@H]3[C@]23C(=O)Nc2ccccc23)c1. The van der Waals surface area contributed by atoms with Crippen molar-refractivity contribution in [3.05, 3.63) is 124 Å². The van der Waals surface area contributed by atoms with E-state index in [0.29, 0.717) is 28.5 Å². The molecule has 0 unspecified atom stereocenters. The van der Waals surface area contributed by atoms with Crippen molar-refractivity contribution in [3.63, 3.8) is 0 Å². The Bertz CT molecular complexity index is 1710. The Morgan fingerprint density at radius 2 is 1.80 bits per heavy atom. The van der Waals surface area contributed by atoms with E-state index in [1.807, 2.05) is 90.1 Å². The minimum atomic E-state index is -1.34. The first kappa shape index (κ1) is 25.5. The second-order valence-corrected chi connectivity index (χ2v) is 11.6. The van der Waals surface area contributed by atoms with Crippen LogP contribution in [0.5, 0.6) is 5.75 Å². The summed E-state index contributed by atoms with van der Waals surface area (Å²) >= 11 is 1.35. The molecule has 4 atom stereocenters. The molecule has 1 amide bonds. The van der Waals surface area contributed by atoms with Gasteiger partial charge in [0.1, 0.15) is 17.2 Å². The van der Waals surface area contributed by atoms with Crippen LogP contribution >= 0.6 is 11.3 Å². The predicted molar refractivity (Wildman–Crippen MR) is 159 cm³/mol. The van der Waals surface area contributed by atoms with Crippen LogP contribution < -0.4 is 10.1 Å². The van der Waals surface area contributed by atoms with Crippen molar-refractivity contribution < 1.29 is 19.1 Å². The molecular weight excluding hydrogens is 532 g/mol. The van der Waals surface area contributed by atoms with Crippen molar-refractivity contribution in [2.24, 2.45) is 5.92 Å². The van der Waals surface area contributed by atoms with Crippen molar-refractivity contribution in [2.45, 2.75) is 30.8 Å². The molecule has 6 nitrogen and oxygen atoms in total. The summed E-state index contributed by atoms with van der Waals surface area (Å²) in [5.41, 5.74) is 2.37. The molecule has 3 aliphatic heterocycles. The average Bonchev–Trinajstić information content (AvgIpc) is 3.72. The highest BCUT2D eigenvalue weighted by Crippen LogP contribution is 2.62. The first-order valence-corrected chi connectivity index (χ1v) is 14.7. The number of carbonyl (C=O) groups is 3. The number of ether oxygens (including phenoxy) is 1. The third-order valence-electron chi connectivity index (χ3n) is 8.48. The van der Waals surface area contributed by atoms with Crippen molar-refractivity contribution in [1.82, 2.24) is 4.90 Å². The number of anilines is 1. The number of hydrogen-bond donors (Lipinski definition) is 1. The highest BCUT2D eigenvalue weighted by molar-refractivity contribution is 7.12. The molecular formula is C34H28N2O4S. The van der Waals surface area contributed by atoms with Crippen LogP contribution in [0.4, 0.5) is 5.69 Å². The first-order chi connectivity index (χ1) is 20.1. The molecule has 1 spiro atoms. The Labute approximate surface area is 242 Å². The van der Waals surface area contributed by atoms with Gasteiger partial charge in [0.2, 0.25) is 5.91 Å². The Hall–Kier alpha value is -4.49. The maximum Gasteiger partial charge on any atom is 0.238 e. The molecule has 1 N–H and O–H groups in total. The molecule has 1 fully saturated rings. The Morgan fingerprint density at radius 3 is 2.63 bits per heavy atom. The number of nitrogens with zero attached hydrogens (tertiary/aromatic N) is 1. The van der Waals surface area contributed by atoms with Gasteiger partial charge in [-0.3, -0.25) is 14.4 Å². The van der Waals surface area contributed by atoms with E-state index in [1.54, 1.807) is 24.3 Å². The topological polar surface area (TPSA) is 75.7 Å². The molecule has 1 saturated heterocycles. The minimum absolute atomic E-state index is 0.167. The van der Waals surface area contributed by atoms with Gasteiger partial charge in [0.15, 0.2) is 11.6 Å². The van der Waals surface area contributed by atoms with Gasteiger partial charge in [0.25, 0.3) is 0 Å². The number of Topliss-reactive ketones (excluding diaryl/α,β-unsaturated/α-hetero) is 2. The number of para-hydroxylation sites is 1. The number of fused-ring (bicyclic) bond motifs is 6. The smallest absolute Gasteiger partial charge is 0.238 e. The largest absolute Gasteiger partial charge is 0.494 e. The standard InChI is InChI=1S/C34H28N2O4S/c1-2-18-40-23-11-7-10-22(20-23)30(37)28-29(31(38)27-15-8-19-41-27)36-17-16-21-9-3-4-12-24(21)32(36)34(28)25-13-5-6-14-26(25)35-33(34)39/h3-17,19-20,28-29,32H,2,18H2,1H3,(H,35,39)/t28-,29+,32+,34+/m0/s1. The quantitative estimate of drug-likeness (QED) is 0.261. The summed E-state index contributed by atoms with van der Waals surface area (Å²) in [5.74, 6) is -1.10. The molecule has 1 aromatic heterocycles. The van der Waals surface area contributed by atoms with Gasteiger partial charge in [0, 0.05) is 17.5 Å². The predicted octanol–water partition coefficient (Wildman–Crippen LogP) is 6.52. The fourth-order valence-electron chi connectivity index (χ4n) is 6.87. The van der Waals surface area contributed by atoms with Crippen molar-refractivity contribution in [3.8, 4) is 5.75 Å². The molecule has 3 aliphatic rings. The van der Waals surface area contributed by atoms with E-state index in [2.05, 4.69) is 5.32 Å². The van der Waals surface area contributed by atoms with Crippen LogP contribution in [-0.4, -0.2) is 35.0 Å². The maximum atomic E-state index is 14.9. The summed E-state index contributed by atoms with van der Waals surface area (Å²) in [6.07, 6.45) is 4.70. The minimum Gasteiger partial charge on any atom is -0.494 e. The van der Waals surface area contributed by atoms with E-state index in [9.17, 15) is 14.4 Å². The number of benzene rings is 3. The van der Waals surface area contributed by atoms with Gasteiger partial charge in [-0.1, -0.05) is 67.6 Å². The molecule has 7 heteroatoms. The molecule has 7 rings (SSSR count). The monoisotopic (exact) mass is 560 g/mol. The molecule has 0 radical (unpaired) electrons. The molecule has 0 aliphatic carbocycles. The maximum absolute atomic E-state index is 14.9. The van der Waals surface area contributed by atoms with Crippen LogP contribution in [0, 0.1) is 5.92 Å². The van der Waals surface area contributed by atoms with Gasteiger partial charge in [-0.05, 0) is 58.8 Å². The third-order valence-corrected chi connectivity index (χ3v) is 9.36. The first-order valence-electron chi connectivity index (χ1n) is 13.9. The van der Waals surface area contributed by atoms with E-state index in [0.717, 1.165) is 23.1 Å². The number of amides is 1. The summed E-state index contributed by atoms with van der Waals surface area (Å²) in [5, 5.41) is 4.95. The summed E-state index contributed by atoms with van der Waals surface area (Å²) < 4.78 is 5.86. The number of ketones is 2. The Balaban J connectivity index is 1.50. The zero-order valence-electron chi connectivity index (χ0n) is 22.4. The van der Waals surface area contributed by atoms with E-state index < -0.39 is 23.4 Å². The Kier molecular flexibility index (Phi) is 6.12. The van der Waals surface area contributed by atoms with Crippen LogP contribution in [0.15, 0.2) is 96.5 Å². The van der Waals surface area contributed by atoms with Crippen LogP contribution in [0.1, 0.15) is 56.1 Å². The fraction of sp³-hybridized carbons (Fsp3) is 0.206. The lowest BCUT2D eigenvalue weighted by molar-refractivity contribution is -0.122. The molecule has 4 heterocycles. The highest BCUT2D eigenvalue weighted by Gasteiger charge is 2.70. The Morgan fingerprint density at radius 1 is 0.976 bits per heavy atom. The summed E-state index contributed by atoms with van der Waals surface area (Å²) in [4.78, 5) is 46.3. The van der Waals surface area contributed by atoms with Gasteiger partial charge in [-0.25, -0.2) is 0 Å². The fourth-order valence-corrected chi connectivity index (χ4v) is 7.57. The number of hydrogen-bond acceptors (Lipinski definition) is 6. The van der Waals surface area contributed by atoms with Gasteiger partial charge in [0.05, 0.1) is 23.4 Å². The number of carbonyl (C=O) groups excluding carboxylic acids is 3. The summed E-state index contributed by atoms with van der Waals surface area (Å²) in [6.45, 7) is 2.55. The van der Waals surface area contributed by atoms with Crippen LogP contribution in [0.3, 0.4) is 0 Å². The lowest BCUT2D eigenvalue weighted by Gasteiger charge is -2.38. The van der Waals surface area contributed by atoms with E-state index in [4.69, 9.17) is 4.74 Å². The van der Waals surface area contributed by atoms with E-state index in [1.165, 1.54) is 11.3 Å². The normalized spacial score (nSPS) is 23.6. The van der Waals surface area contributed by atoms with Crippen LogP contribution in [-0.2, 0) is 10.2 Å². The van der Waals surface area contributed by atoms with Gasteiger partial charge in [-0.2, -0.15) is 0 Å². The van der Waals surface area contributed by atoms with Crippen LogP contribution in [0.2, 0.25) is 0 Å². The molecule has 0 bridgehead atoms. The van der Waals surface area contributed by atoms with Gasteiger partial charge in [-0.15, -0.1) is 11.3 Å². The van der Waals surface area contributed by atoms with Crippen molar-refractivity contribution >= 4 is 40.6 Å². The van der Waals surface area contributed by atoms with Crippen molar-refractivity contribution in [1.29, 1.82) is 0 Å². The lowest BCUT2D eigenvalue weighted by atomic mass is 9.63. The van der Waals surface area contributed by atoms with Crippen LogP contribution in [0.25, 0.3) is 6.08 Å². The third kappa shape index (κ3) is 3.72. The highest BCUT2D eigenvalue weighted by atomic mass is 32.1. The second-order valence-electron chi connectivity index (χ2n) is 10.7. The number of thiophene rings is 1. The van der Waals surface area contributed by atoms with Gasteiger partial charge < -0.3 is 15.0 Å². The lowest BCUT2D eigenvalue weighted by Crippen LogP contribution is -2.49. The molecule has 41 heavy (non-hydrogen) atoms. The van der Waals surface area contributed by atoms with Crippen molar-refractivity contribution in [2.75, 3.05) is 11.9 Å². The van der Waals surface area contributed by atoms with Gasteiger partial charge >= 0.3 is 0 Å². The second kappa shape index (κ2) is 9.85. The zero-order chi connectivity index (χ0) is 28.1. The molecule has 4 aromatic rings. The summed E-state index contributed by atoms with van der Waals surface area (Å²) in [7, 11) is 0. The molecule has 204 valence electrons. The number of rotatable bonds is 7. The molecule has 0 saturated carbocycles. The average molecular weight is 561 g/mol.